The molecule has 0 fully saturated rings. The lowest BCUT2D eigenvalue weighted by molar-refractivity contribution is -0.138. The maximum atomic E-state index is 12.6. The molecule has 0 atom stereocenters. The summed E-state index contributed by atoms with van der Waals surface area (Å²) in [6, 6.07) is 12.4. The lowest BCUT2D eigenvalue weighted by atomic mass is 9.90. The molecule has 2 N–H and O–H groups in total. The molecule has 2 rings (SSSR count). The van der Waals surface area contributed by atoms with Crippen LogP contribution in [0, 0.1) is 12.3 Å². The third-order valence-electron chi connectivity index (χ3n) is 3.95. The van der Waals surface area contributed by atoms with E-state index in [1.165, 1.54) is 0 Å². The van der Waals surface area contributed by atoms with Crippen LogP contribution in [0.25, 0.3) is 0 Å². The zero-order valence-electron chi connectivity index (χ0n) is 14.3. The van der Waals surface area contributed by atoms with Crippen molar-refractivity contribution in [2.75, 3.05) is 5.32 Å². The minimum Gasteiger partial charge on any atom is -0.351 e. The van der Waals surface area contributed by atoms with Crippen molar-refractivity contribution >= 4 is 40.7 Å². The van der Waals surface area contributed by atoms with E-state index < -0.39 is 11.3 Å². The van der Waals surface area contributed by atoms with E-state index >= 15 is 0 Å². The molecule has 0 unspecified atom stereocenters. The summed E-state index contributed by atoms with van der Waals surface area (Å²) < 4.78 is 0. The molecular formula is C19H20Cl2N2O2. The van der Waals surface area contributed by atoms with Crippen LogP contribution < -0.4 is 10.6 Å². The number of rotatable bonds is 5. The van der Waals surface area contributed by atoms with Crippen LogP contribution in [0.15, 0.2) is 42.5 Å². The van der Waals surface area contributed by atoms with E-state index in [1.807, 2.05) is 25.1 Å². The van der Waals surface area contributed by atoms with Gasteiger partial charge in [0.2, 0.25) is 11.8 Å². The molecule has 0 spiro atoms. The number of hydrogen-bond donors (Lipinski definition) is 2. The number of nitrogens with one attached hydrogen (secondary N) is 2. The molecule has 4 nitrogen and oxygen atoms in total. The number of hydrogen-bond acceptors (Lipinski definition) is 2. The molecule has 6 heteroatoms. The minimum atomic E-state index is -1.23. The van der Waals surface area contributed by atoms with Gasteiger partial charge in [0.1, 0.15) is 5.41 Å². The van der Waals surface area contributed by atoms with E-state index in [1.54, 1.807) is 38.1 Å². The smallest absolute Gasteiger partial charge is 0.239 e. The summed E-state index contributed by atoms with van der Waals surface area (Å²) in [5, 5.41) is 6.71. The standard InChI is InChI=1S/C19H20Cl2N2O2/c1-12-4-7-15(21)10-16(12)23-18(25)19(2,3)17(24)22-11-13-5-8-14(20)9-6-13/h4-10H,11H2,1-3H3,(H,22,24)(H,23,25). The molecule has 0 aliphatic heterocycles. The first kappa shape index (κ1) is 19.3. The van der Waals surface area contributed by atoms with Gasteiger partial charge in [-0.3, -0.25) is 9.59 Å². The first-order valence-electron chi connectivity index (χ1n) is 7.80. The second kappa shape index (κ2) is 7.89. The maximum absolute atomic E-state index is 12.6. The fourth-order valence-corrected chi connectivity index (χ4v) is 2.41. The quantitative estimate of drug-likeness (QED) is 0.747. The second-order valence-electron chi connectivity index (χ2n) is 6.35. The Morgan fingerprint density at radius 2 is 1.56 bits per heavy atom. The van der Waals surface area contributed by atoms with Crippen LogP contribution in [0.1, 0.15) is 25.0 Å². The minimum absolute atomic E-state index is 0.322. The van der Waals surface area contributed by atoms with Crippen molar-refractivity contribution in [2.24, 2.45) is 5.41 Å². The lowest BCUT2D eigenvalue weighted by Gasteiger charge is -2.23. The van der Waals surface area contributed by atoms with Gasteiger partial charge in [-0.25, -0.2) is 0 Å². The average Bonchev–Trinajstić information content (AvgIpc) is 2.57. The Bertz CT molecular complexity index is 787. The summed E-state index contributed by atoms with van der Waals surface area (Å²) in [7, 11) is 0. The van der Waals surface area contributed by atoms with Gasteiger partial charge in [0.15, 0.2) is 0 Å². The molecule has 2 amide bonds. The molecule has 0 aliphatic rings. The number of aryl methyl sites for hydroxylation is 1. The second-order valence-corrected chi connectivity index (χ2v) is 7.22. The zero-order valence-corrected chi connectivity index (χ0v) is 15.8. The number of carbonyl (C=O) groups is 2. The topological polar surface area (TPSA) is 58.2 Å². The molecule has 0 aliphatic carbocycles. The highest BCUT2D eigenvalue weighted by atomic mass is 35.5. The Balaban J connectivity index is 2.02. The van der Waals surface area contributed by atoms with Crippen molar-refractivity contribution in [2.45, 2.75) is 27.3 Å². The van der Waals surface area contributed by atoms with Crippen LogP contribution in [-0.2, 0) is 16.1 Å². The van der Waals surface area contributed by atoms with E-state index in [-0.39, 0.29) is 5.91 Å². The van der Waals surface area contributed by atoms with Gasteiger partial charge < -0.3 is 10.6 Å². The molecule has 0 aromatic heterocycles. The molecule has 132 valence electrons. The Hall–Kier alpha value is -2.04. The van der Waals surface area contributed by atoms with Gasteiger partial charge in [0.05, 0.1) is 0 Å². The van der Waals surface area contributed by atoms with Gasteiger partial charge in [-0.05, 0) is 56.2 Å². The van der Waals surface area contributed by atoms with Gasteiger partial charge in [0.25, 0.3) is 0 Å². The summed E-state index contributed by atoms with van der Waals surface area (Å²) in [5.74, 6) is -0.758. The molecule has 2 aromatic carbocycles. The average molecular weight is 379 g/mol. The highest BCUT2D eigenvalue weighted by Gasteiger charge is 2.36. The van der Waals surface area contributed by atoms with Crippen LogP contribution in [-0.4, -0.2) is 11.8 Å². The van der Waals surface area contributed by atoms with Crippen molar-refractivity contribution in [3.63, 3.8) is 0 Å². The van der Waals surface area contributed by atoms with Gasteiger partial charge in [-0.1, -0.05) is 41.4 Å². The Kier molecular flexibility index (Phi) is 6.09. The maximum Gasteiger partial charge on any atom is 0.239 e. The number of anilines is 1. The number of halogens is 2. The van der Waals surface area contributed by atoms with Gasteiger partial charge in [-0.15, -0.1) is 0 Å². The summed E-state index contributed by atoms with van der Waals surface area (Å²) in [4.78, 5) is 25.0. The molecular weight excluding hydrogens is 359 g/mol. The van der Waals surface area contributed by atoms with Crippen molar-refractivity contribution in [1.29, 1.82) is 0 Å². The molecule has 0 saturated heterocycles. The zero-order chi connectivity index (χ0) is 18.6. The largest absolute Gasteiger partial charge is 0.351 e. The Labute approximate surface area is 157 Å². The molecule has 25 heavy (non-hydrogen) atoms. The molecule has 0 bridgehead atoms. The van der Waals surface area contributed by atoms with E-state index in [2.05, 4.69) is 10.6 Å². The molecule has 0 heterocycles. The van der Waals surface area contributed by atoms with Gasteiger partial charge in [0, 0.05) is 22.3 Å². The third-order valence-corrected chi connectivity index (χ3v) is 4.44. The SMILES string of the molecule is Cc1ccc(Cl)cc1NC(=O)C(C)(C)C(=O)NCc1ccc(Cl)cc1. The highest BCUT2D eigenvalue weighted by Crippen LogP contribution is 2.24. The highest BCUT2D eigenvalue weighted by molar-refractivity contribution is 6.31. The molecule has 0 saturated carbocycles. The fraction of sp³-hybridized carbons (Fsp3) is 0.263. The summed E-state index contributed by atoms with van der Waals surface area (Å²) in [5.41, 5.74) is 1.13. The van der Waals surface area contributed by atoms with E-state index in [0.29, 0.717) is 22.3 Å². The predicted octanol–water partition coefficient (Wildman–Crippen LogP) is 4.58. The van der Waals surface area contributed by atoms with Gasteiger partial charge in [-0.2, -0.15) is 0 Å². The van der Waals surface area contributed by atoms with Crippen LogP contribution >= 0.6 is 23.2 Å². The van der Waals surface area contributed by atoms with Crippen LogP contribution in [0.5, 0.6) is 0 Å². The molecule has 0 radical (unpaired) electrons. The molecule has 2 aromatic rings. The van der Waals surface area contributed by atoms with Crippen molar-refractivity contribution < 1.29 is 9.59 Å². The summed E-state index contributed by atoms with van der Waals surface area (Å²) in [6.45, 7) is 5.35. The summed E-state index contributed by atoms with van der Waals surface area (Å²) in [6.07, 6.45) is 0. The first-order chi connectivity index (χ1) is 11.7. The Morgan fingerprint density at radius 3 is 2.20 bits per heavy atom. The van der Waals surface area contributed by atoms with Crippen LogP contribution in [0.3, 0.4) is 0 Å². The number of carbonyl (C=O) groups excluding carboxylic acids is 2. The summed E-state index contributed by atoms with van der Waals surface area (Å²) >= 11 is 11.8. The monoisotopic (exact) mass is 378 g/mol. The van der Waals surface area contributed by atoms with E-state index in [0.717, 1.165) is 11.1 Å². The predicted molar refractivity (Wildman–Crippen MR) is 102 cm³/mol. The third kappa shape index (κ3) is 4.97. The van der Waals surface area contributed by atoms with Crippen molar-refractivity contribution in [3.05, 3.63) is 63.6 Å². The van der Waals surface area contributed by atoms with E-state index in [4.69, 9.17) is 23.2 Å². The van der Waals surface area contributed by atoms with Crippen LogP contribution in [0.2, 0.25) is 10.0 Å². The van der Waals surface area contributed by atoms with Crippen LogP contribution in [0.4, 0.5) is 5.69 Å². The van der Waals surface area contributed by atoms with E-state index in [9.17, 15) is 9.59 Å². The Morgan fingerprint density at radius 1 is 0.960 bits per heavy atom. The van der Waals surface area contributed by atoms with Gasteiger partial charge >= 0.3 is 0 Å². The fourth-order valence-electron chi connectivity index (χ4n) is 2.12. The first-order valence-corrected chi connectivity index (χ1v) is 8.56. The lowest BCUT2D eigenvalue weighted by Crippen LogP contribution is -2.45. The van der Waals surface area contributed by atoms with Crippen molar-refractivity contribution in [3.8, 4) is 0 Å². The van der Waals surface area contributed by atoms with Crippen molar-refractivity contribution in [1.82, 2.24) is 5.32 Å². The normalized spacial score (nSPS) is 11.1. The number of benzene rings is 2. The number of amides is 2.